The van der Waals surface area contributed by atoms with Gasteiger partial charge >= 0.3 is 5.97 Å². The molecule has 0 aliphatic carbocycles. The molecule has 2 aromatic rings. The van der Waals surface area contributed by atoms with Gasteiger partial charge in [0.05, 0.1) is 0 Å². The van der Waals surface area contributed by atoms with E-state index in [0.29, 0.717) is 22.6 Å². The van der Waals surface area contributed by atoms with Crippen molar-refractivity contribution in [3.63, 3.8) is 0 Å². The summed E-state index contributed by atoms with van der Waals surface area (Å²) in [6.45, 7) is 1.83. The van der Waals surface area contributed by atoms with Crippen LogP contribution in [0.2, 0.25) is 0 Å². The Morgan fingerprint density at radius 1 is 1.34 bits per heavy atom. The number of nitrogens with zero attached hydrogens (tertiary/aromatic N) is 4. The number of amides is 2. The van der Waals surface area contributed by atoms with Crippen LogP contribution < -0.4 is 5.32 Å². The van der Waals surface area contributed by atoms with Crippen molar-refractivity contribution >= 4 is 52.6 Å². The quantitative estimate of drug-likeness (QED) is 0.323. The summed E-state index contributed by atoms with van der Waals surface area (Å²) in [6.07, 6.45) is 0. The van der Waals surface area contributed by atoms with E-state index in [1.54, 1.807) is 30.3 Å². The van der Waals surface area contributed by atoms with Crippen molar-refractivity contribution in [2.45, 2.75) is 28.7 Å². The molecule has 13 heteroatoms. The molecule has 1 aromatic carbocycles. The molecule has 1 saturated heterocycles. The summed E-state index contributed by atoms with van der Waals surface area (Å²) in [5.74, 6) is -1.67. The number of carbonyl (C=O) groups is 3. The second-order valence-electron chi connectivity index (χ2n) is 6.95. The molecule has 10 nitrogen and oxygen atoms in total. The predicted octanol–water partition coefficient (Wildman–Crippen LogP) is 2.18. The first-order valence-corrected chi connectivity index (χ1v) is 12.3. The van der Waals surface area contributed by atoms with E-state index in [4.69, 9.17) is 0 Å². The van der Waals surface area contributed by atoms with Crippen molar-refractivity contribution in [3.05, 3.63) is 57.1 Å². The number of carbonyl (C=O) groups excluding carboxylic acids is 2. The summed E-state index contributed by atoms with van der Waals surface area (Å²) in [5, 5.41) is 23.4. The summed E-state index contributed by atoms with van der Waals surface area (Å²) >= 11 is 4.15. The van der Waals surface area contributed by atoms with Crippen LogP contribution in [-0.2, 0) is 14.4 Å². The van der Waals surface area contributed by atoms with Gasteiger partial charge in [-0.25, -0.2) is 4.79 Å². The molecule has 166 valence electrons. The first-order valence-electron chi connectivity index (χ1n) is 9.41. The number of benzene rings is 1. The van der Waals surface area contributed by atoms with Crippen molar-refractivity contribution in [2.75, 3.05) is 11.5 Å². The predicted molar refractivity (Wildman–Crippen MR) is 120 cm³/mol. The lowest BCUT2D eigenvalue weighted by Crippen LogP contribution is -2.70. The Morgan fingerprint density at radius 2 is 2.09 bits per heavy atom. The fourth-order valence-corrected chi connectivity index (χ4v) is 6.71. The SMILES string of the molecule is Cc1nnc(SCC2=C(C(=O)O)N3C(=O)C(NC(=O)C(N=O)c4ccccc4)[C@@H]3SC2)s1. The number of rotatable bonds is 8. The number of hydrogen-bond acceptors (Lipinski definition) is 10. The lowest BCUT2D eigenvalue weighted by Gasteiger charge is -2.49. The minimum absolute atomic E-state index is 0.0638. The van der Waals surface area contributed by atoms with E-state index >= 15 is 0 Å². The number of aliphatic carboxylic acids is 1. The number of thioether (sulfide) groups is 2. The highest BCUT2D eigenvalue weighted by Gasteiger charge is 2.54. The minimum atomic E-state index is -1.29. The largest absolute Gasteiger partial charge is 0.477 e. The maximum atomic E-state index is 12.8. The van der Waals surface area contributed by atoms with Gasteiger partial charge in [0.15, 0.2) is 10.4 Å². The van der Waals surface area contributed by atoms with Gasteiger partial charge in [-0.05, 0) is 18.1 Å². The molecule has 1 aromatic heterocycles. The third-order valence-electron chi connectivity index (χ3n) is 4.89. The molecule has 2 aliphatic heterocycles. The fraction of sp³-hybridized carbons (Fsp3) is 0.316. The van der Waals surface area contributed by atoms with Crippen LogP contribution >= 0.6 is 34.9 Å². The summed E-state index contributed by atoms with van der Waals surface area (Å²) < 4.78 is 0.722. The van der Waals surface area contributed by atoms with Gasteiger partial charge in [-0.1, -0.05) is 58.6 Å². The number of aryl methyl sites for hydroxylation is 1. The van der Waals surface area contributed by atoms with Gasteiger partial charge in [0.2, 0.25) is 0 Å². The smallest absolute Gasteiger partial charge is 0.352 e. The van der Waals surface area contributed by atoms with Gasteiger partial charge in [-0.2, -0.15) is 0 Å². The van der Waals surface area contributed by atoms with Gasteiger partial charge in [-0.15, -0.1) is 26.9 Å². The molecule has 0 radical (unpaired) electrons. The van der Waals surface area contributed by atoms with Crippen molar-refractivity contribution in [1.29, 1.82) is 0 Å². The Hall–Kier alpha value is -2.77. The van der Waals surface area contributed by atoms with Gasteiger partial charge < -0.3 is 10.4 Å². The molecule has 2 N–H and O–H groups in total. The van der Waals surface area contributed by atoms with Crippen LogP contribution in [0.3, 0.4) is 0 Å². The van der Waals surface area contributed by atoms with E-state index in [2.05, 4.69) is 20.7 Å². The zero-order valence-electron chi connectivity index (χ0n) is 16.6. The first kappa shape index (κ1) is 22.4. The maximum Gasteiger partial charge on any atom is 0.352 e. The summed E-state index contributed by atoms with van der Waals surface area (Å²) in [4.78, 5) is 49.8. The van der Waals surface area contributed by atoms with E-state index in [0.717, 1.165) is 9.35 Å². The van der Waals surface area contributed by atoms with Crippen LogP contribution in [0, 0.1) is 11.8 Å². The lowest BCUT2D eigenvalue weighted by molar-refractivity contribution is -0.150. The monoisotopic (exact) mass is 491 g/mol. The van der Waals surface area contributed by atoms with E-state index in [9.17, 15) is 24.4 Å². The van der Waals surface area contributed by atoms with Gasteiger partial charge in [-0.3, -0.25) is 14.5 Å². The third kappa shape index (κ3) is 4.27. The first-order chi connectivity index (χ1) is 15.4. The van der Waals surface area contributed by atoms with Gasteiger partial charge in [0, 0.05) is 11.5 Å². The molecule has 3 heterocycles. The lowest BCUT2D eigenvalue weighted by atomic mass is 10.0. The average Bonchev–Trinajstić information content (AvgIpc) is 3.21. The Kier molecular flexibility index (Phi) is 6.58. The molecular formula is C19H17N5O5S3. The third-order valence-corrected chi connectivity index (χ3v) is 8.29. The van der Waals surface area contributed by atoms with Crippen molar-refractivity contribution in [2.24, 2.45) is 5.18 Å². The molecule has 4 rings (SSSR count). The zero-order chi connectivity index (χ0) is 22.8. The van der Waals surface area contributed by atoms with Crippen molar-refractivity contribution in [1.82, 2.24) is 20.4 Å². The molecule has 0 spiro atoms. The summed E-state index contributed by atoms with van der Waals surface area (Å²) in [6, 6.07) is 6.10. The minimum Gasteiger partial charge on any atom is -0.477 e. The molecule has 1 fully saturated rings. The number of carboxylic acids is 1. The highest BCUT2D eigenvalue weighted by atomic mass is 32.2. The summed E-state index contributed by atoms with van der Waals surface area (Å²) in [7, 11) is 0. The molecule has 32 heavy (non-hydrogen) atoms. The Morgan fingerprint density at radius 3 is 2.72 bits per heavy atom. The molecule has 3 atom stereocenters. The standard InChI is InChI=1S/C19H17N5O5S3/c1-9-21-22-19(32-9)31-8-11-7-30-17-13(16(26)24(17)14(11)18(27)28)20-15(25)12(23-29)10-5-3-2-4-6-10/h2-6,12-13,17H,7-8H2,1H3,(H,20,25)(H,27,28)/t12?,13?,17-/m0/s1. The van der Waals surface area contributed by atoms with Crippen molar-refractivity contribution in [3.8, 4) is 0 Å². The van der Waals surface area contributed by atoms with Gasteiger partial charge in [0.25, 0.3) is 11.8 Å². The van der Waals surface area contributed by atoms with E-state index < -0.39 is 35.2 Å². The normalized spacial score (nSPS) is 20.9. The van der Waals surface area contributed by atoms with Crippen molar-refractivity contribution < 1.29 is 19.5 Å². The number of hydrogen-bond donors (Lipinski definition) is 2. The number of nitrogens with one attached hydrogen (secondary N) is 1. The van der Waals surface area contributed by atoms with Gasteiger partial charge in [0.1, 0.15) is 22.1 Å². The van der Waals surface area contributed by atoms with Crippen LogP contribution in [0.15, 0.2) is 51.1 Å². The van der Waals surface area contributed by atoms with E-state index in [-0.39, 0.29) is 5.70 Å². The fourth-order valence-electron chi connectivity index (χ4n) is 3.41. The highest BCUT2D eigenvalue weighted by molar-refractivity contribution is 8.01. The topological polar surface area (TPSA) is 142 Å². The maximum absolute atomic E-state index is 12.8. The second-order valence-corrected chi connectivity index (χ2v) is 10.5. The molecule has 0 bridgehead atoms. The molecule has 2 aliphatic rings. The number of aromatic nitrogens is 2. The number of nitroso groups, excluding NO2 is 1. The second kappa shape index (κ2) is 9.38. The van der Waals surface area contributed by atoms with E-state index in [1.165, 1.54) is 39.8 Å². The Labute approximate surface area is 194 Å². The van der Waals surface area contributed by atoms with E-state index in [1.807, 2.05) is 6.92 Å². The number of β-lactam (4-membered cyclic amide) rings is 1. The average molecular weight is 492 g/mol. The van der Waals surface area contributed by atoms with Crippen LogP contribution in [0.25, 0.3) is 0 Å². The number of fused-ring (bicyclic) bond motifs is 1. The van der Waals surface area contributed by atoms with Crippen LogP contribution in [-0.4, -0.2) is 60.9 Å². The Balaban J connectivity index is 1.47. The molecule has 2 amide bonds. The van der Waals surface area contributed by atoms with Crippen LogP contribution in [0.5, 0.6) is 0 Å². The summed E-state index contributed by atoms with van der Waals surface area (Å²) in [5.41, 5.74) is 0.954. The molecular weight excluding hydrogens is 474 g/mol. The Bertz CT molecular complexity index is 1110. The van der Waals surface area contributed by atoms with Crippen LogP contribution in [0.1, 0.15) is 16.6 Å². The molecule has 2 unspecified atom stereocenters. The highest BCUT2D eigenvalue weighted by Crippen LogP contribution is 2.42. The zero-order valence-corrected chi connectivity index (χ0v) is 19.1. The van der Waals surface area contributed by atoms with Crippen LogP contribution in [0.4, 0.5) is 0 Å². The number of carboxylic acid groups (broad SMARTS) is 1. The molecule has 0 saturated carbocycles.